The number of benzene rings is 3. The Balaban J connectivity index is 1.48. The minimum atomic E-state index is -0.705. The van der Waals surface area contributed by atoms with Gasteiger partial charge in [0.05, 0.1) is 6.54 Å². The molecule has 3 aromatic rings. The predicted molar refractivity (Wildman–Crippen MR) is 101 cm³/mol. The fraction of sp³-hybridized carbons (Fsp3) is 0.0952. The average Bonchev–Trinajstić information content (AvgIpc) is 2.66. The van der Waals surface area contributed by atoms with Crippen LogP contribution >= 0.6 is 0 Å². The highest BCUT2D eigenvalue weighted by Crippen LogP contribution is 2.17. The molecule has 0 saturated carbocycles. The van der Waals surface area contributed by atoms with E-state index in [1.165, 1.54) is 0 Å². The lowest BCUT2D eigenvalue weighted by atomic mass is 10.2. The van der Waals surface area contributed by atoms with Gasteiger partial charge in [-0.25, -0.2) is 8.78 Å². The molecule has 1 amide bonds. The van der Waals surface area contributed by atoms with Crippen molar-refractivity contribution in [3.63, 3.8) is 0 Å². The molecule has 0 aromatic heterocycles. The van der Waals surface area contributed by atoms with Gasteiger partial charge in [-0.1, -0.05) is 30.3 Å². The van der Waals surface area contributed by atoms with Gasteiger partial charge in [0.15, 0.2) is 0 Å². The third-order valence-electron chi connectivity index (χ3n) is 3.70. The number of rotatable bonds is 7. The van der Waals surface area contributed by atoms with E-state index in [9.17, 15) is 13.6 Å². The van der Waals surface area contributed by atoms with Crippen molar-refractivity contribution in [3.8, 4) is 5.75 Å². The maximum absolute atomic E-state index is 13.1. The summed E-state index contributed by atoms with van der Waals surface area (Å²) in [4.78, 5) is 12.0. The average molecular weight is 368 g/mol. The third-order valence-corrected chi connectivity index (χ3v) is 3.70. The van der Waals surface area contributed by atoms with Crippen LogP contribution in [0.5, 0.6) is 5.75 Å². The van der Waals surface area contributed by atoms with Gasteiger partial charge in [0.2, 0.25) is 5.91 Å². The van der Waals surface area contributed by atoms with Crippen LogP contribution in [0.2, 0.25) is 0 Å². The number of carbonyl (C=O) groups excluding carboxylic acids is 1. The Labute approximate surface area is 155 Å². The van der Waals surface area contributed by atoms with Crippen molar-refractivity contribution in [2.45, 2.75) is 6.61 Å². The molecule has 27 heavy (non-hydrogen) atoms. The van der Waals surface area contributed by atoms with Gasteiger partial charge in [-0.15, -0.1) is 0 Å². The van der Waals surface area contributed by atoms with Crippen LogP contribution in [0.4, 0.5) is 20.2 Å². The van der Waals surface area contributed by atoms with Gasteiger partial charge in [0.1, 0.15) is 24.0 Å². The Bertz CT molecular complexity index is 880. The molecule has 0 saturated heterocycles. The smallest absolute Gasteiger partial charge is 0.243 e. The summed E-state index contributed by atoms with van der Waals surface area (Å²) in [6, 6.07) is 19.8. The Kier molecular flexibility index (Phi) is 5.99. The minimum Gasteiger partial charge on any atom is -0.489 e. The lowest BCUT2D eigenvalue weighted by molar-refractivity contribution is -0.114. The maximum atomic E-state index is 13.1. The molecule has 0 unspecified atom stereocenters. The topological polar surface area (TPSA) is 50.4 Å². The van der Waals surface area contributed by atoms with Crippen molar-refractivity contribution in [1.82, 2.24) is 0 Å². The number of ether oxygens (including phenoxy) is 1. The molecule has 0 heterocycles. The van der Waals surface area contributed by atoms with E-state index in [2.05, 4.69) is 10.6 Å². The van der Waals surface area contributed by atoms with Crippen LogP contribution in [0.25, 0.3) is 0 Å². The van der Waals surface area contributed by atoms with Crippen molar-refractivity contribution in [3.05, 3.63) is 90.0 Å². The fourth-order valence-corrected chi connectivity index (χ4v) is 2.42. The van der Waals surface area contributed by atoms with Crippen LogP contribution in [-0.4, -0.2) is 12.5 Å². The number of carbonyl (C=O) groups is 1. The zero-order valence-corrected chi connectivity index (χ0v) is 14.4. The van der Waals surface area contributed by atoms with Gasteiger partial charge >= 0.3 is 0 Å². The molecule has 138 valence electrons. The summed E-state index contributed by atoms with van der Waals surface area (Å²) in [5.41, 5.74) is 1.86. The minimum absolute atomic E-state index is 0.116. The highest BCUT2D eigenvalue weighted by atomic mass is 19.1. The Hall–Kier alpha value is -3.41. The van der Waals surface area contributed by atoms with E-state index < -0.39 is 11.6 Å². The number of nitrogens with one attached hydrogen (secondary N) is 2. The summed E-state index contributed by atoms with van der Waals surface area (Å²) in [5, 5.41) is 5.38. The Morgan fingerprint density at radius 3 is 2.19 bits per heavy atom. The quantitative estimate of drug-likeness (QED) is 0.641. The first-order valence-electron chi connectivity index (χ1n) is 8.35. The summed E-state index contributed by atoms with van der Waals surface area (Å²) in [6.07, 6.45) is 0. The third kappa shape index (κ3) is 5.81. The van der Waals surface area contributed by atoms with Crippen molar-refractivity contribution in [2.24, 2.45) is 0 Å². The monoisotopic (exact) mass is 368 g/mol. The van der Waals surface area contributed by atoms with Gasteiger partial charge in [0, 0.05) is 17.4 Å². The molecule has 4 nitrogen and oxygen atoms in total. The first kappa shape index (κ1) is 18.4. The number of amides is 1. The van der Waals surface area contributed by atoms with E-state index >= 15 is 0 Å². The number of anilines is 2. The van der Waals surface area contributed by atoms with Gasteiger partial charge in [-0.3, -0.25) is 4.79 Å². The van der Waals surface area contributed by atoms with Crippen LogP contribution in [0.3, 0.4) is 0 Å². The van der Waals surface area contributed by atoms with Crippen molar-refractivity contribution in [1.29, 1.82) is 0 Å². The molecular formula is C21H18F2N2O2. The number of hydrogen-bond donors (Lipinski definition) is 2. The van der Waals surface area contributed by atoms with E-state index in [0.717, 1.165) is 23.8 Å². The maximum Gasteiger partial charge on any atom is 0.243 e. The van der Waals surface area contributed by atoms with Crippen LogP contribution in [0.1, 0.15) is 5.56 Å². The van der Waals surface area contributed by atoms with Crippen molar-refractivity contribution in [2.75, 3.05) is 17.2 Å². The molecule has 3 aromatic carbocycles. The normalized spacial score (nSPS) is 10.3. The zero-order chi connectivity index (χ0) is 19.1. The molecule has 6 heteroatoms. The van der Waals surface area contributed by atoms with Crippen molar-refractivity contribution < 1.29 is 18.3 Å². The second-order valence-electron chi connectivity index (χ2n) is 5.86. The summed E-state index contributed by atoms with van der Waals surface area (Å²) in [7, 11) is 0. The zero-order valence-electron chi connectivity index (χ0n) is 14.4. The van der Waals surface area contributed by atoms with Crippen molar-refractivity contribution >= 4 is 17.3 Å². The summed E-state index contributed by atoms with van der Waals surface area (Å²) < 4.78 is 31.9. The molecule has 0 fully saturated rings. The Morgan fingerprint density at radius 1 is 0.852 bits per heavy atom. The molecule has 0 radical (unpaired) electrons. The standard InChI is InChI=1S/C21H18F2N2O2/c22-16-10-17(23)12-19(11-16)24-13-21(26)25-18-6-8-20(9-7-18)27-14-15-4-2-1-3-5-15/h1-12,24H,13-14H2,(H,25,26). The molecule has 0 bridgehead atoms. The predicted octanol–water partition coefficient (Wildman–Crippen LogP) is 4.59. The van der Waals surface area contributed by atoms with Gasteiger partial charge < -0.3 is 15.4 Å². The SMILES string of the molecule is O=C(CNc1cc(F)cc(F)c1)Nc1ccc(OCc2ccccc2)cc1. The molecule has 3 rings (SSSR count). The Morgan fingerprint density at radius 2 is 1.52 bits per heavy atom. The van der Waals surface area contributed by atoms with Gasteiger partial charge in [-0.2, -0.15) is 0 Å². The molecule has 0 aliphatic heterocycles. The second kappa shape index (κ2) is 8.80. The lowest BCUT2D eigenvalue weighted by Gasteiger charge is -2.10. The molecule has 0 aliphatic rings. The first-order valence-corrected chi connectivity index (χ1v) is 8.35. The van der Waals surface area contributed by atoms with Crippen LogP contribution in [0, 0.1) is 11.6 Å². The molecule has 2 N–H and O–H groups in total. The summed E-state index contributed by atoms with van der Waals surface area (Å²) in [5.74, 6) is -1.06. The van der Waals surface area contributed by atoms with E-state index in [4.69, 9.17) is 4.74 Å². The number of hydrogen-bond acceptors (Lipinski definition) is 3. The largest absolute Gasteiger partial charge is 0.489 e. The van der Waals surface area contributed by atoms with E-state index in [-0.39, 0.29) is 18.1 Å². The molecular weight excluding hydrogens is 350 g/mol. The first-order chi connectivity index (χ1) is 13.1. The highest BCUT2D eigenvalue weighted by Gasteiger charge is 2.05. The molecule has 0 spiro atoms. The highest BCUT2D eigenvalue weighted by molar-refractivity contribution is 5.93. The molecule has 0 atom stereocenters. The van der Waals surface area contributed by atoms with E-state index in [0.29, 0.717) is 18.0 Å². The van der Waals surface area contributed by atoms with Gasteiger partial charge in [-0.05, 0) is 42.0 Å². The fourth-order valence-electron chi connectivity index (χ4n) is 2.42. The van der Waals surface area contributed by atoms with Gasteiger partial charge in [0.25, 0.3) is 0 Å². The summed E-state index contributed by atoms with van der Waals surface area (Å²) >= 11 is 0. The van der Waals surface area contributed by atoms with E-state index in [1.807, 2.05) is 30.3 Å². The number of halogens is 2. The van der Waals surface area contributed by atoms with Crippen LogP contribution in [0.15, 0.2) is 72.8 Å². The van der Waals surface area contributed by atoms with Crippen LogP contribution in [-0.2, 0) is 11.4 Å². The lowest BCUT2D eigenvalue weighted by Crippen LogP contribution is -2.21. The van der Waals surface area contributed by atoms with E-state index in [1.54, 1.807) is 24.3 Å². The van der Waals surface area contributed by atoms with Crippen LogP contribution < -0.4 is 15.4 Å². The molecule has 0 aliphatic carbocycles. The summed E-state index contributed by atoms with van der Waals surface area (Å²) in [6.45, 7) is 0.343. The second-order valence-corrected chi connectivity index (χ2v) is 5.86.